The molecule has 0 heterocycles. The van der Waals surface area contributed by atoms with Crippen LogP contribution in [-0.4, -0.2) is 36.2 Å². The third-order valence-corrected chi connectivity index (χ3v) is 6.30. The first kappa shape index (κ1) is 20.7. The van der Waals surface area contributed by atoms with Crippen LogP contribution in [0.3, 0.4) is 0 Å². The smallest absolute Gasteiger partial charge is 0.0728 e. The molecular weight excluding hydrogens is 377 g/mol. The molecule has 1 aliphatic rings. The Bertz CT molecular complexity index is 759. The maximum atomic E-state index is 11.4. The molecular formula is C23H29Cl2NO. The minimum absolute atomic E-state index is 0.314. The minimum Gasteiger partial charge on any atom is -0.389 e. The molecule has 0 spiro atoms. The van der Waals surface area contributed by atoms with Gasteiger partial charge in [-0.15, -0.1) is 0 Å². The van der Waals surface area contributed by atoms with Gasteiger partial charge < -0.3 is 10.0 Å². The predicted molar refractivity (Wildman–Crippen MR) is 115 cm³/mol. The molecule has 2 aromatic rings. The SMILES string of the molecule is CN(C)CC1CCCCC1(O)Cc1ccc(Cc2ccc(Cl)cc2)c(Cl)c1. The van der Waals surface area contributed by atoms with Crippen molar-refractivity contribution in [3.63, 3.8) is 0 Å². The van der Waals surface area contributed by atoms with Crippen LogP contribution in [-0.2, 0) is 12.8 Å². The van der Waals surface area contributed by atoms with Crippen molar-refractivity contribution in [1.29, 1.82) is 0 Å². The third-order valence-electron chi connectivity index (χ3n) is 5.69. The molecule has 1 saturated carbocycles. The van der Waals surface area contributed by atoms with Gasteiger partial charge in [0.1, 0.15) is 0 Å². The Balaban J connectivity index is 1.73. The highest BCUT2D eigenvalue weighted by atomic mass is 35.5. The molecule has 146 valence electrons. The molecule has 2 aromatic carbocycles. The molecule has 0 amide bonds. The molecule has 4 heteroatoms. The lowest BCUT2D eigenvalue weighted by Gasteiger charge is -2.41. The maximum Gasteiger partial charge on any atom is 0.0728 e. The van der Waals surface area contributed by atoms with Gasteiger partial charge in [-0.1, -0.05) is 60.3 Å². The van der Waals surface area contributed by atoms with Gasteiger partial charge in [0.25, 0.3) is 0 Å². The van der Waals surface area contributed by atoms with Crippen LogP contribution in [0.4, 0.5) is 0 Å². The van der Waals surface area contributed by atoms with Gasteiger partial charge in [-0.25, -0.2) is 0 Å². The fourth-order valence-corrected chi connectivity index (χ4v) is 4.65. The van der Waals surface area contributed by atoms with Gasteiger partial charge in [-0.05, 0) is 68.2 Å². The number of halogens is 2. The van der Waals surface area contributed by atoms with Crippen LogP contribution >= 0.6 is 23.2 Å². The zero-order valence-electron chi connectivity index (χ0n) is 16.2. The predicted octanol–water partition coefficient (Wildman–Crippen LogP) is 5.61. The normalized spacial score (nSPS) is 23.0. The molecule has 0 radical (unpaired) electrons. The summed E-state index contributed by atoms with van der Waals surface area (Å²) in [5, 5.41) is 12.9. The van der Waals surface area contributed by atoms with Gasteiger partial charge in [0.2, 0.25) is 0 Å². The van der Waals surface area contributed by atoms with E-state index in [0.29, 0.717) is 12.3 Å². The first-order valence-corrected chi connectivity index (χ1v) is 10.5. The molecule has 3 rings (SSSR count). The summed E-state index contributed by atoms with van der Waals surface area (Å²) in [6.45, 7) is 0.929. The highest BCUT2D eigenvalue weighted by molar-refractivity contribution is 6.31. The summed E-state index contributed by atoms with van der Waals surface area (Å²) in [4.78, 5) is 2.18. The maximum absolute atomic E-state index is 11.4. The van der Waals surface area contributed by atoms with Crippen LogP contribution in [0.5, 0.6) is 0 Å². The average Bonchev–Trinajstić information content (AvgIpc) is 2.61. The summed E-state index contributed by atoms with van der Waals surface area (Å²) in [5.41, 5.74) is 2.77. The Morgan fingerprint density at radius 2 is 1.74 bits per heavy atom. The lowest BCUT2D eigenvalue weighted by atomic mass is 9.72. The summed E-state index contributed by atoms with van der Waals surface area (Å²) >= 11 is 12.5. The van der Waals surface area contributed by atoms with E-state index in [1.54, 1.807) is 0 Å². The van der Waals surface area contributed by atoms with Crippen LogP contribution in [0.2, 0.25) is 10.0 Å². The summed E-state index contributed by atoms with van der Waals surface area (Å²) in [6, 6.07) is 14.1. The molecule has 0 aliphatic heterocycles. The molecule has 1 fully saturated rings. The number of aliphatic hydroxyl groups is 1. The molecule has 2 nitrogen and oxygen atoms in total. The third kappa shape index (κ3) is 5.48. The van der Waals surface area contributed by atoms with E-state index in [0.717, 1.165) is 53.4 Å². The molecule has 2 atom stereocenters. The summed E-state index contributed by atoms with van der Waals surface area (Å²) in [6.07, 6.45) is 5.73. The van der Waals surface area contributed by atoms with Gasteiger partial charge >= 0.3 is 0 Å². The monoisotopic (exact) mass is 405 g/mol. The van der Waals surface area contributed by atoms with Crippen molar-refractivity contribution >= 4 is 23.2 Å². The molecule has 27 heavy (non-hydrogen) atoms. The average molecular weight is 406 g/mol. The van der Waals surface area contributed by atoms with E-state index in [-0.39, 0.29) is 0 Å². The van der Waals surface area contributed by atoms with Crippen molar-refractivity contribution in [1.82, 2.24) is 4.90 Å². The van der Waals surface area contributed by atoms with Crippen LogP contribution in [0.1, 0.15) is 42.4 Å². The van der Waals surface area contributed by atoms with Gasteiger partial charge in [0.05, 0.1) is 5.60 Å². The highest BCUT2D eigenvalue weighted by Gasteiger charge is 2.39. The van der Waals surface area contributed by atoms with E-state index in [2.05, 4.69) is 31.1 Å². The molecule has 0 saturated heterocycles. The summed E-state index contributed by atoms with van der Waals surface area (Å²) < 4.78 is 0. The zero-order chi connectivity index (χ0) is 19.4. The number of hydrogen-bond donors (Lipinski definition) is 1. The summed E-state index contributed by atoms with van der Waals surface area (Å²) in [7, 11) is 4.16. The number of nitrogens with zero attached hydrogens (tertiary/aromatic N) is 1. The molecule has 0 aromatic heterocycles. The Morgan fingerprint density at radius 3 is 2.41 bits per heavy atom. The minimum atomic E-state index is -0.635. The van der Waals surface area contributed by atoms with Crippen molar-refractivity contribution in [2.75, 3.05) is 20.6 Å². The molecule has 1 N–H and O–H groups in total. The molecule has 0 bridgehead atoms. The first-order valence-electron chi connectivity index (χ1n) is 9.74. The Labute approximate surface area is 173 Å². The second-order valence-electron chi connectivity index (χ2n) is 8.21. The van der Waals surface area contributed by atoms with E-state index in [1.807, 2.05) is 30.3 Å². The Morgan fingerprint density at radius 1 is 1.04 bits per heavy atom. The van der Waals surface area contributed by atoms with E-state index in [1.165, 1.54) is 12.0 Å². The second-order valence-corrected chi connectivity index (χ2v) is 9.06. The molecule has 2 unspecified atom stereocenters. The largest absolute Gasteiger partial charge is 0.389 e. The molecule has 1 aliphatic carbocycles. The number of benzene rings is 2. The highest BCUT2D eigenvalue weighted by Crippen LogP contribution is 2.37. The van der Waals surface area contributed by atoms with Gasteiger partial charge in [0.15, 0.2) is 0 Å². The Hall–Kier alpha value is -1.06. The van der Waals surface area contributed by atoms with E-state index >= 15 is 0 Å². The van der Waals surface area contributed by atoms with Gasteiger partial charge in [-0.3, -0.25) is 0 Å². The van der Waals surface area contributed by atoms with Crippen LogP contribution < -0.4 is 0 Å². The van der Waals surface area contributed by atoms with Crippen molar-refractivity contribution in [3.05, 3.63) is 69.2 Å². The second kappa shape index (κ2) is 8.96. The fourth-order valence-electron chi connectivity index (χ4n) is 4.25. The standard InChI is InChI=1S/C23H29Cl2NO/c1-26(2)16-20-5-3-4-12-23(20,27)15-18-6-9-19(22(25)14-18)13-17-7-10-21(24)11-8-17/h6-11,14,20,27H,3-5,12-13,15-16H2,1-2H3. The van der Waals surface area contributed by atoms with E-state index in [9.17, 15) is 5.11 Å². The first-order chi connectivity index (χ1) is 12.9. The van der Waals surface area contributed by atoms with Gasteiger partial charge in [-0.2, -0.15) is 0 Å². The number of hydrogen-bond acceptors (Lipinski definition) is 2. The number of rotatable bonds is 6. The van der Waals surface area contributed by atoms with Crippen molar-refractivity contribution in [3.8, 4) is 0 Å². The fraction of sp³-hybridized carbons (Fsp3) is 0.478. The lowest BCUT2D eigenvalue weighted by molar-refractivity contribution is -0.0552. The van der Waals surface area contributed by atoms with Crippen LogP contribution in [0, 0.1) is 5.92 Å². The lowest BCUT2D eigenvalue weighted by Crippen LogP contribution is -2.46. The van der Waals surface area contributed by atoms with Crippen molar-refractivity contribution < 1.29 is 5.11 Å². The quantitative estimate of drug-likeness (QED) is 0.674. The van der Waals surface area contributed by atoms with Crippen molar-refractivity contribution in [2.24, 2.45) is 5.92 Å². The van der Waals surface area contributed by atoms with E-state index < -0.39 is 5.60 Å². The topological polar surface area (TPSA) is 23.5 Å². The van der Waals surface area contributed by atoms with Crippen LogP contribution in [0.25, 0.3) is 0 Å². The van der Waals surface area contributed by atoms with E-state index in [4.69, 9.17) is 23.2 Å². The summed E-state index contributed by atoms with van der Waals surface area (Å²) in [5.74, 6) is 0.314. The van der Waals surface area contributed by atoms with Crippen molar-refractivity contribution in [2.45, 2.75) is 44.1 Å². The van der Waals surface area contributed by atoms with Gasteiger partial charge in [0, 0.05) is 28.9 Å². The Kier molecular flexibility index (Phi) is 6.86. The zero-order valence-corrected chi connectivity index (χ0v) is 17.7. The van der Waals surface area contributed by atoms with Crippen LogP contribution in [0.15, 0.2) is 42.5 Å².